The maximum Gasteiger partial charge on any atom is 0.150 e. The number of sulfone groups is 1. The first-order chi connectivity index (χ1) is 9.46. The van der Waals surface area contributed by atoms with E-state index in [-0.39, 0.29) is 5.92 Å². The third kappa shape index (κ3) is 2.63. The summed E-state index contributed by atoms with van der Waals surface area (Å²) in [6.45, 7) is 6.95. The molecule has 3 rings (SSSR count). The lowest BCUT2D eigenvalue weighted by Gasteiger charge is -2.19. The van der Waals surface area contributed by atoms with Crippen LogP contribution in [0.3, 0.4) is 0 Å². The first kappa shape index (κ1) is 14.1. The van der Waals surface area contributed by atoms with E-state index in [1.54, 1.807) is 0 Å². The van der Waals surface area contributed by atoms with Gasteiger partial charge in [0.1, 0.15) is 5.82 Å². The second-order valence-electron chi connectivity index (χ2n) is 6.32. The predicted octanol–water partition coefficient (Wildman–Crippen LogP) is 1.09. The Morgan fingerprint density at radius 3 is 2.90 bits per heavy atom. The Hall–Kier alpha value is -0.880. The second kappa shape index (κ2) is 5.15. The van der Waals surface area contributed by atoms with E-state index in [1.807, 2.05) is 0 Å². The quantitative estimate of drug-likeness (QED) is 0.907. The molecule has 1 N–H and O–H groups in total. The van der Waals surface area contributed by atoms with Crippen LogP contribution in [0.1, 0.15) is 43.4 Å². The zero-order chi connectivity index (χ0) is 14.3. The highest BCUT2D eigenvalue weighted by Gasteiger charge is 2.30. The molecule has 0 spiro atoms. The summed E-state index contributed by atoms with van der Waals surface area (Å²) >= 11 is 0. The largest absolute Gasteiger partial charge is 0.331 e. The molecule has 20 heavy (non-hydrogen) atoms. The molecule has 1 unspecified atom stereocenters. The van der Waals surface area contributed by atoms with E-state index in [4.69, 9.17) is 4.98 Å². The molecule has 0 aliphatic carbocycles. The number of rotatable bonds is 3. The lowest BCUT2D eigenvalue weighted by atomic mass is 10.1. The molecule has 1 aromatic heterocycles. The highest BCUT2D eigenvalue weighted by Crippen LogP contribution is 2.26. The van der Waals surface area contributed by atoms with E-state index in [0.29, 0.717) is 17.4 Å². The fraction of sp³-hybridized carbons (Fsp3) is 0.786. The lowest BCUT2D eigenvalue weighted by Crippen LogP contribution is -2.26. The maximum absolute atomic E-state index is 11.6. The first-order valence-electron chi connectivity index (χ1n) is 7.45. The Labute approximate surface area is 120 Å². The Morgan fingerprint density at radius 1 is 1.45 bits per heavy atom. The van der Waals surface area contributed by atoms with Crippen molar-refractivity contribution in [1.29, 1.82) is 0 Å². The maximum atomic E-state index is 11.6. The van der Waals surface area contributed by atoms with Crippen molar-refractivity contribution in [3.8, 4) is 0 Å². The standard InChI is InChI=1S/C14H23N3O2S/c1-10(2)14-16-12-7-15-5-3-13(12)17(14)8-11-4-6-20(18,19)9-11/h10-11,15H,3-9H2,1-2H3. The highest BCUT2D eigenvalue weighted by molar-refractivity contribution is 7.91. The molecular weight excluding hydrogens is 274 g/mol. The van der Waals surface area contributed by atoms with Crippen LogP contribution in [-0.2, 0) is 29.3 Å². The number of nitrogens with zero attached hydrogens (tertiary/aromatic N) is 2. The van der Waals surface area contributed by atoms with Gasteiger partial charge in [0.2, 0.25) is 0 Å². The summed E-state index contributed by atoms with van der Waals surface area (Å²) in [5.41, 5.74) is 2.47. The SMILES string of the molecule is CC(C)c1nc2c(n1CC1CCS(=O)(=O)C1)CCNC2. The van der Waals surface area contributed by atoms with Gasteiger partial charge in [-0.3, -0.25) is 0 Å². The van der Waals surface area contributed by atoms with E-state index in [9.17, 15) is 8.42 Å². The van der Waals surface area contributed by atoms with E-state index in [1.165, 1.54) is 5.69 Å². The van der Waals surface area contributed by atoms with Crippen LogP contribution in [0.2, 0.25) is 0 Å². The molecule has 2 aliphatic rings. The van der Waals surface area contributed by atoms with Crippen LogP contribution in [0.25, 0.3) is 0 Å². The molecule has 0 aromatic carbocycles. The van der Waals surface area contributed by atoms with Gasteiger partial charge >= 0.3 is 0 Å². The van der Waals surface area contributed by atoms with Crippen LogP contribution in [0, 0.1) is 5.92 Å². The van der Waals surface area contributed by atoms with E-state index in [0.717, 1.165) is 44.0 Å². The van der Waals surface area contributed by atoms with Gasteiger partial charge < -0.3 is 9.88 Å². The fourth-order valence-corrected chi connectivity index (χ4v) is 5.16. The fourth-order valence-electron chi connectivity index (χ4n) is 3.31. The van der Waals surface area contributed by atoms with Crippen LogP contribution >= 0.6 is 0 Å². The zero-order valence-corrected chi connectivity index (χ0v) is 13.0. The van der Waals surface area contributed by atoms with E-state index >= 15 is 0 Å². The van der Waals surface area contributed by atoms with Gasteiger partial charge in [0.15, 0.2) is 9.84 Å². The minimum atomic E-state index is -2.80. The van der Waals surface area contributed by atoms with E-state index < -0.39 is 9.84 Å². The molecule has 112 valence electrons. The molecule has 5 nitrogen and oxygen atoms in total. The van der Waals surface area contributed by atoms with Crippen molar-refractivity contribution in [2.75, 3.05) is 18.1 Å². The molecule has 1 atom stereocenters. The third-order valence-corrected chi connectivity index (χ3v) is 6.14. The summed E-state index contributed by atoms with van der Waals surface area (Å²) in [7, 11) is -2.80. The number of nitrogens with one attached hydrogen (secondary N) is 1. The lowest BCUT2D eigenvalue weighted by molar-refractivity contribution is 0.456. The number of hydrogen-bond donors (Lipinski definition) is 1. The van der Waals surface area contributed by atoms with Crippen LogP contribution in [0.15, 0.2) is 0 Å². The van der Waals surface area contributed by atoms with Crippen LogP contribution in [-0.4, -0.2) is 36.0 Å². The molecule has 0 saturated carbocycles. The Balaban J connectivity index is 1.90. The molecule has 6 heteroatoms. The molecule has 0 amide bonds. The topological polar surface area (TPSA) is 64.0 Å². The third-order valence-electron chi connectivity index (χ3n) is 4.30. The van der Waals surface area contributed by atoms with Gasteiger partial charge in [0, 0.05) is 37.7 Å². The van der Waals surface area contributed by atoms with Gasteiger partial charge in [-0.1, -0.05) is 13.8 Å². The molecular formula is C14H23N3O2S. The van der Waals surface area contributed by atoms with Crippen molar-refractivity contribution in [2.45, 2.75) is 45.7 Å². The van der Waals surface area contributed by atoms with Gasteiger partial charge in [0.05, 0.1) is 17.2 Å². The Morgan fingerprint density at radius 2 is 2.25 bits per heavy atom. The normalized spacial score (nSPS) is 25.1. The summed E-state index contributed by atoms with van der Waals surface area (Å²) < 4.78 is 25.6. The number of aromatic nitrogens is 2. The monoisotopic (exact) mass is 297 g/mol. The van der Waals surface area contributed by atoms with Gasteiger partial charge in [0.25, 0.3) is 0 Å². The van der Waals surface area contributed by atoms with Crippen molar-refractivity contribution in [3.05, 3.63) is 17.2 Å². The number of hydrogen-bond acceptors (Lipinski definition) is 4. The van der Waals surface area contributed by atoms with Gasteiger partial charge in [-0.25, -0.2) is 13.4 Å². The average molecular weight is 297 g/mol. The highest BCUT2D eigenvalue weighted by atomic mass is 32.2. The molecule has 2 aliphatic heterocycles. The van der Waals surface area contributed by atoms with Crippen LogP contribution < -0.4 is 5.32 Å². The minimum Gasteiger partial charge on any atom is -0.331 e. The van der Waals surface area contributed by atoms with Crippen molar-refractivity contribution >= 4 is 9.84 Å². The first-order valence-corrected chi connectivity index (χ1v) is 9.28. The molecule has 3 heterocycles. The van der Waals surface area contributed by atoms with Gasteiger partial charge in [-0.2, -0.15) is 0 Å². The summed E-state index contributed by atoms with van der Waals surface area (Å²) in [5.74, 6) is 2.44. The Bertz CT molecular complexity index is 604. The van der Waals surface area contributed by atoms with Crippen LogP contribution in [0.4, 0.5) is 0 Å². The summed E-state index contributed by atoms with van der Waals surface area (Å²) in [6.07, 6.45) is 1.79. The minimum absolute atomic E-state index is 0.255. The summed E-state index contributed by atoms with van der Waals surface area (Å²) in [4.78, 5) is 4.78. The molecule has 1 saturated heterocycles. The predicted molar refractivity (Wildman–Crippen MR) is 78.5 cm³/mol. The van der Waals surface area contributed by atoms with Crippen LogP contribution in [0.5, 0.6) is 0 Å². The molecule has 0 radical (unpaired) electrons. The van der Waals surface area contributed by atoms with Crippen molar-refractivity contribution in [2.24, 2.45) is 5.92 Å². The number of imidazole rings is 1. The summed E-state index contributed by atoms with van der Waals surface area (Å²) in [6, 6.07) is 0. The molecule has 0 bridgehead atoms. The van der Waals surface area contributed by atoms with Crippen molar-refractivity contribution in [3.63, 3.8) is 0 Å². The van der Waals surface area contributed by atoms with Crippen molar-refractivity contribution < 1.29 is 8.42 Å². The zero-order valence-electron chi connectivity index (χ0n) is 12.2. The number of fused-ring (bicyclic) bond motifs is 1. The smallest absolute Gasteiger partial charge is 0.150 e. The van der Waals surface area contributed by atoms with Gasteiger partial charge in [-0.05, 0) is 12.3 Å². The average Bonchev–Trinajstić information content (AvgIpc) is 2.91. The van der Waals surface area contributed by atoms with Crippen molar-refractivity contribution in [1.82, 2.24) is 14.9 Å². The summed E-state index contributed by atoms with van der Waals surface area (Å²) in [5, 5.41) is 3.36. The van der Waals surface area contributed by atoms with E-state index in [2.05, 4.69) is 23.7 Å². The second-order valence-corrected chi connectivity index (χ2v) is 8.55. The Kier molecular flexibility index (Phi) is 3.62. The molecule has 1 aromatic rings. The molecule has 1 fully saturated rings. The van der Waals surface area contributed by atoms with Gasteiger partial charge in [-0.15, -0.1) is 0 Å².